The normalized spacial score (nSPS) is 34.2. The van der Waals surface area contributed by atoms with Gasteiger partial charge in [0.2, 0.25) is 0 Å². The molecular weight excluding hydrogens is 180 g/mol. The highest BCUT2D eigenvalue weighted by Gasteiger charge is 2.46. The van der Waals surface area contributed by atoms with Crippen molar-refractivity contribution in [3.8, 4) is 0 Å². The van der Waals surface area contributed by atoms with Gasteiger partial charge in [0.05, 0.1) is 0 Å². The minimum atomic E-state index is 0.881. The van der Waals surface area contributed by atoms with E-state index >= 15 is 0 Å². The van der Waals surface area contributed by atoms with Crippen molar-refractivity contribution in [3.05, 3.63) is 0 Å². The lowest BCUT2D eigenvalue weighted by Crippen LogP contribution is -2.12. The van der Waals surface area contributed by atoms with Crippen LogP contribution in [0, 0.1) is 35.5 Å². The Kier molecular flexibility index (Phi) is 4.67. The van der Waals surface area contributed by atoms with Crippen LogP contribution in [0.4, 0.5) is 0 Å². The molecule has 0 aromatic heterocycles. The van der Waals surface area contributed by atoms with Crippen LogP contribution >= 0.6 is 0 Å². The van der Waals surface area contributed by atoms with Crippen molar-refractivity contribution in [3.63, 3.8) is 0 Å². The van der Waals surface area contributed by atoms with Crippen LogP contribution in [0.5, 0.6) is 0 Å². The molecule has 0 amide bonds. The molecule has 1 saturated carbocycles. The first kappa shape index (κ1) is 13.1. The van der Waals surface area contributed by atoms with Crippen LogP contribution in [0.15, 0.2) is 0 Å². The first-order valence-electron chi connectivity index (χ1n) is 6.95. The van der Waals surface area contributed by atoms with E-state index in [1.165, 1.54) is 19.3 Å². The minimum Gasteiger partial charge on any atom is -0.0628 e. The zero-order valence-corrected chi connectivity index (χ0v) is 11.6. The van der Waals surface area contributed by atoms with E-state index in [1.54, 1.807) is 0 Å². The van der Waals surface area contributed by atoms with Crippen molar-refractivity contribution >= 4 is 0 Å². The highest BCUT2D eigenvalue weighted by atomic mass is 14.5. The summed E-state index contributed by atoms with van der Waals surface area (Å²) in [6.07, 6.45) is 4.28. The molecular formula is C15H30. The first-order valence-corrected chi connectivity index (χ1v) is 6.95. The van der Waals surface area contributed by atoms with Gasteiger partial charge in [-0.25, -0.2) is 0 Å². The van der Waals surface area contributed by atoms with Gasteiger partial charge in [-0.2, -0.15) is 0 Å². The average Bonchev–Trinajstić information content (AvgIpc) is 2.73. The molecule has 0 aromatic rings. The van der Waals surface area contributed by atoms with Crippen molar-refractivity contribution in [2.45, 2.75) is 60.8 Å². The summed E-state index contributed by atoms with van der Waals surface area (Å²) in [5.74, 6) is 5.77. The SMILES string of the molecule is CC(C)CCCC(C)C(C)C1C(C)C1C. The lowest BCUT2D eigenvalue weighted by atomic mass is 9.85. The Morgan fingerprint density at radius 2 is 1.40 bits per heavy atom. The van der Waals surface area contributed by atoms with Gasteiger partial charge in [0.1, 0.15) is 0 Å². The number of hydrogen-bond acceptors (Lipinski definition) is 0. The molecule has 4 atom stereocenters. The molecule has 90 valence electrons. The highest BCUT2D eigenvalue weighted by Crippen LogP contribution is 2.52. The second-order valence-corrected chi connectivity index (χ2v) is 6.46. The molecule has 1 rings (SSSR count). The Bertz CT molecular complexity index is 174. The van der Waals surface area contributed by atoms with E-state index in [0.29, 0.717) is 0 Å². The van der Waals surface area contributed by atoms with Crippen molar-refractivity contribution in [1.29, 1.82) is 0 Å². The summed E-state index contributed by atoms with van der Waals surface area (Å²) in [6.45, 7) is 14.4. The maximum Gasteiger partial charge on any atom is -0.0329 e. The van der Waals surface area contributed by atoms with Gasteiger partial charge in [0.15, 0.2) is 0 Å². The molecule has 1 aliphatic carbocycles. The predicted octanol–water partition coefficient (Wildman–Crippen LogP) is 4.99. The maximum atomic E-state index is 2.48. The molecule has 0 radical (unpaired) electrons. The Balaban J connectivity index is 2.19. The van der Waals surface area contributed by atoms with Crippen LogP contribution in [0.1, 0.15) is 60.8 Å². The summed E-state index contributed by atoms with van der Waals surface area (Å²) in [7, 11) is 0. The lowest BCUT2D eigenvalue weighted by molar-refractivity contribution is 0.296. The van der Waals surface area contributed by atoms with Crippen molar-refractivity contribution in [2.24, 2.45) is 35.5 Å². The lowest BCUT2D eigenvalue weighted by Gasteiger charge is -2.20. The summed E-state index contributed by atoms with van der Waals surface area (Å²) in [6, 6.07) is 0. The molecule has 1 fully saturated rings. The van der Waals surface area contributed by atoms with Gasteiger partial charge in [-0.15, -0.1) is 0 Å². The molecule has 0 saturated heterocycles. The zero-order chi connectivity index (χ0) is 11.6. The third kappa shape index (κ3) is 3.50. The quantitative estimate of drug-likeness (QED) is 0.579. The summed E-state index contributed by atoms with van der Waals surface area (Å²) in [5, 5.41) is 0. The fraction of sp³-hybridized carbons (Fsp3) is 1.00. The minimum absolute atomic E-state index is 0.881. The second kappa shape index (κ2) is 5.37. The average molecular weight is 210 g/mol. The molecule has 0 heteroatoms. The summed E-state index contributed by atoms with van der Waals surface area (Å²) >= 11 is 0. The molecule has 15 heavy (non-hydrogen) atoms. The molecule has 0 bridgehead atoms. The third-order valence-electron chi connectivity index (χ3n) is 4.85. The van der Waals surface area contributed by atoms with E-state index in [9.17, 15) is 0 Å². The first-order chi connectivity index (χ1) is 6.95. The molecule has 0 aliphatic heterocycles. The van der Waals surface area contributed by atoms with E-state index in [4.69, 9.17) is 0 Å². The largest absolute Gasteiger partial charge is 0.0628 e. The van der Waals surface area contributed by atoms with Crippen LogP contribution < -0.4 is 0 Å². The van der Waals surface area contributed by atoms with Crippen molar-refractivity contribution in [2.75, 3.05) is 0 Å². The Hall–Kier alpha value is 0. The third-order valence-corrected chi connectivity index (χ3v) is 4.85. The highest BCUT2D eigenvalue weighted by molar-refractivity contribution is 4.95. The standard InChI is InChI=1S/C15H30/c1-10(2)8-7-9-11(3)12(4)15-13(5)14(15)6/h10-15H,7-9H2,1-6H3. The van der Waals surface area contributed by atoms with Gasteiger partial charge in [0, 0.05) is 0 Å². The van der Waals surface area contributed by atoms with Gasteiger partial charge >= 0.3 is 0 Å². The molecule has 0 heterocycles. The summed E-state index contributed by atoms with van der Waals surface area (Å²) < 4.78 is 0. The van der Waals surface area contributed by atoms with Gasteiger partial charge in [-0.05, 0) is 35.5 Å². The van der Waals surface area contributed by atoms with Gasteiger partial charge in [-0.3, -0.25) is 0 Å². The fourth-order valence-corrected chi connectivity index (χ4v) is 3.15. The van der Waals surface area contributed by atoms with E-state index in [-0.39, 0.29) is 0 Å². The monoisotopic (exact) mass is 210 g/mol. The van der Waals surface area contributed by atoms with Crippen LogP contribution in [-0.2, 0) is 0 Å². The van der Waals surface area contributed by atoms with Crippen molar-refractivity contribution in [1.82, 2.24) is 0 Å². The van der Waals surface area contributed by atoms with Gasteiger partial charge < -0.3 is 0 Å². The van der Waals surface area contributed by atoms with E-state index < -0.39 is 0 Å². The van der Waals surface area contributed by atoms with E-state index in [2.05, 4.69) is 41.5 Å². The van der Waals surface area contributed by atoms with Gasteiger partial charge in [-0.1, -0.05) is 60.8 Å². The molecule has 0 spiro atoms. The smallest absolute Gasteiger partial charge is 0.0329 e. The van der Waals surface area contributed by atoms with Crippen LogP contribution in [0.3, 0.4) is 0 Å². The van der Waals surface area contributed by atoms with Crippen LogP contribution in [-0.4, -0.2) is 0 Å². The number of rotatable bonds is 6. The van der Waals surface area contributed by atoms with E-state index in [1.807, 2.05) is 0 Å². The van der Waals surface area contributed by atoms with Gasteiger partial charge in [0.25, 0.3) is 0 Å². The second-order valence-electron chi connectivity index (χ2n) is 6.46. The molecule has 0 N–H and O–H groups in total. The summed E-state index contributed by atoms with van der Waals surface area (Å²) in [4.78, 5) is 0. The Labute approximate surface area is 96.8 Å². The topological polar surface area (TPSA) is 0 Å². The molecule has 0 aromatic carbocycles. The van der Waals surface area contributed by atoms with E-state index in [0.717, 1.165) is 35.5 Å². The Morgan fingerprint density at radius 3 is 1.80 bits per heavy atom. The van der Waals surface area contributed by atoms with Crippen LogP contribution in [0.2, 0.25) is 0 Å². The van der Waals surface area contributed by atoms with Crippen LogP contribution in [0.25, 0.3) is 0 Å². The van der Waals surface area contributed by atoms with Crippen molar-refractivity contribution < 1.29 is 0 Å². The zero-order valence-electron chi connectivity index (χ0n) is 11.6. The predicted molar refractivity (Wildman–Crippen MR) is 68.8 cm³/mol. The number of hydrogen-bond donors (Lipinski definition) is 0. The summed E-state index contributed by atoms with van der Waals surface area (Å²) in [5.41, 5.74) is 0. The fourth-order valence-electron chi connectivity index (χ4n) is 3.15. The Morgan fingerprint density at radius 1 is 0.867 bits per heavy atom. The molecule has 0 nitrogen and oxygen atoms in total. The molecule has 4 unspecified atom stereocenters. The molecule has 1 aliphatic rings. The maximum absolute atomic E-state index is 2.48.